The zero-order chi connectivity index (χ0) is 15.0. The summed E-state index contributed by atoms with van der Waals surface area (Å²) in [5, 5.41) is 11.8. The summed E-state index contributed by atoms with van der Waals surface area (Å²) >= 11 is 0. The van der Waals surface area contributed by atoms with Gasteiger partial charge in [0.15, 0.2) is 0 Å². The summed E-state index contributed by atoms with van der Waals surface area (Å²) in [5.74, 6) is -0.874. The van der Waals surface area contributed by atoms with Crippen molar-refractivity contribution in [1.29, 1.82) is 0 Å². The second kappa shape index (κ2) is 5.09. The lowest BCUT2D eigenvalue weighted by atomic mass is 10.0. The van der Waals surface area contributed by atoms with Gasteiger partial charge in [0.2, 0.25) is 0 Å². The maximum atomic E-state index is 11.5. The van der Waals surface area contributed by atoms with Gasteiger partial charge >= 0.3 is 5.97 Å². The van der Waals surface area contributed by atoms with Crippen molar-refractivity contribution in [1.82, 2.24) is 4.57 Å². The number of hydrogen-bond donors (Lipinski definition) is 1. The summed E-state index contributed by atoms with van der Waals surface area (Å²) in [5.41, 5.74) is 3.29. The van der Waals surface area contributed by atoms with E-state index in [0.29, 0.717) is 12.2 Å². The van der Waals surface area contributed by atoms with Gasteiger partial charge in [-0.1, -0.05) is 42.5 Å². The highest BCUT2D eigenvalue weighted by Gasteiger charge is 2.16. The first-order valence-electron chi connectivity index (χ1n) is 6.94. The molecule has 0 radical (unpaired) electrons. The maximum absolute atomic E-state index is 11.5. The lowest BCUT2D eigenvalue weighted by Gasteiger charge is -2.12. The average molecular weight is 279 g/mol. The molecule has 0 aliphatic heterocycles. The third kappa shape index (κ3) is 2.31. The van der Waals surface area contributed by atoms with Crippen LogP contribution in [0.5, 0.6) is 0 Å². The second-order valence-electron chi connectivity index (χ2n) is 5.35. The van der Waals surface area contributed by atoms with Crippen molar-refractivity contribution < 1.29 is 9.90 Å². The smallest absolute Gasteiger partial charge is 0.352 e. The molecular formula is C18H17NO2. The zero-order valence-corrected chi connectivity index (χ0v) is 12.1. The highest BCUT2D eigenvalue weighted by molar-refractivity contribution is 5.88. The van der Waals surface area contributed by atoms with Crippen LogP contribution in [-0.2, 0) is 6.54 Å². The first-order chi connectivity index (χ1) is 10.1. The zero-order valence-electron chi connectivity index (χ0n) is 12.1. The number of carboxylic acids is 1. The molecule has 1 N–H and O–H groups in total. The number of hydrogen-bond acceptors (Lipinski definition) is 1. The molecule has 2 aromatic carbocycles. The summed E-state index contributed by atoms with van der Waals surface area (Å²) in [6, 6.07) is 16.3. The van der Waals surface area contributed by atoms with Crippen LogP contribution in [-0.4, -0.2) is 15.6 Å². The highest BCUT2D eigenvalue weighted by atomic mass is 16.4. The Morgan fingerprint density at radius 2 is 1.81 bits per heavy atom. The predicted molar refractivity (Wildman–Crippen MR) is 83.9 cm³/mol. The van der Waals surface area contributed by atoms with Crippen LogP contribution in [0.1, 0.15) is 27.3 Å². The molecule has 1 aromatic heterocycles. The Labute approximate surface area is 123 Å². The monoisotopic (exact) mass is 279 g/mol. The average Bonchev–Trinajstić information content (AvgIpc) is 2.73. The van der Waals surface area contributed by atoms with Crippen LogP contribution in [0.2, 0.25) is 0 Å². The summed E-state index contributed by atoms with van der Waals surface area (Å²) in [6.45, 7) is 4.36. The lowest BCUT2D eigenvalue weighted by molar-refractivity contribution is 0.0684. The molecule has 0 saturated heterocycles. The van der Waals surface area contributed by atoms with Crippen LogP contribution < -0.4 is 0 Å². The Morgan fingerprint density at radius 1 is 1.10 bits per heavy atom. The van der Waals surface area contributed by atoms with Crippen molar-refractivity contribution in [3.8, 4) is 0 Å². The normalized spacial score (nSPS) is 11.0. The van der Waals surface area contributed by atoms with Crippen LogP contribution in [0.15, 0.2) is 48.5 Å². The molecule has 0 atom stereocenters. The minimum atomic E-state index is -0.874. The van der Waals surface area contributed by atoms with Gasteiger partial charge in [-0.05, 0) is 41.8 Å². The maximum Gasteiger partial charge on any atom is 0.352 e. The van der Waals surface area contributed by atoms with Crippen LogP contribution in [0, 0.1) is 13.8 Å². The number of aromatic nitrogens is 1. The van der Waals surface area contributed by atoms with E-state index < -0.39 is 5.97 Å². The van der Waals surface area contributed by atoms with E-state index in [2.05, 4.69) is 24.3 Å². The summed E-state index contributed by atoms with van der Waals surface area (Å²) in [7, 11) is 0. The number of aromatic carboxylic acids is 1. The Hall–Kier alpha value is -2.55. The third-order valence-corrected chi connectivity index (χ3v) is 3.91. The molecule has 106 valence electrons. The van der Waals surface area contributed by atoms with Gasteiger partial charge in [-0.25, -0.2) is 4.79 Å². The van der Waals surface area contributed by atoms with E-state index in [1.54, 1.807) is 0 Å². The van der Waals surface area contributed by atoms with E-state index in [4.69, 9.17) is 0 Å². The standard InChI is InChI=1S/C18H17NO2/c1-12-10-13(2)19(17(12)18(20)21)11-15-8-5-7-14-6-3-4-9-16(14)15/h3-10H,11H2,1-2H3,(H,20,21). The molecule has 3 nitrogen and oxygen atoms in total. The van der Waals surface area contributed by atoms with E-state index in [1.807, 2.05) is 42.7 Å². The Morgan fingerprint density at radius 3 is 2.57 bits per heavy atom. The van der Waals surface area contributed by atoms with Gasteiger partial charge in [-0.3, -0.25) is 0 Å². The van der Waals surface area contributed by atoms with Crippen molar-refractivity contribution in [2.45, 2.75) is 20.4 Å². The number of carboxylic acid groups (broad SMARTS) is 1. The van der Waals surface area contributed by atoms with Gasteiger partial charge in [0.05, 0.1) is 0 Å². The Bertz CT molecular complexity index is 825. The van der Waals surface area contributed by atoms with Crippen molar-refractivity contribution in [3.63, 3.8) is 0 Å². The fourth-order valence-corrected chi connectivity index (χ4v) is 2.94. The molecule has 0 spiro atoms. The van der Waals surface area contributed by atoms with Gasteiger partial charge in [-0.2, -0.15) is 0 Å². The Balaban J connectivity index is 2.14. The number of rotatable bonds is 3. The lowest BCUT2D eigenvalue weighted by Crippen LogP contribution is -2.12. The Kier molecular flexibility index (Phi) is 3.26. The van der Waals surface area contributed by atoms with E-state index >= 15 is 0 Å². The minimum Gasteiger partial charge on any atom is -0.477 e. The van der Waals surface area contributed by atoms with Crippen molar-refractivity contribution in [2.24, 2.45) is 0 Å². The van der Waals surface area contributed by atoms with Crippen molar-refractivity contribution in [3.05, 3.63) is 71.0 Å². The number of benzene rings is 2. The highest BCUT2D eigenvalue weighted by Crippen LogP contribution is 2.22. The number of carbonyl (C=O) groups is 1. The summed E-state index contributed by atoms with van der Waals surface area (Å²) < 4.78 is 1.87. The molecule has 0 bridgehead atoms. The summed E-state index contributed by atoms with van der Waals surface area (Å²) in [4.78, 5) is 11.5. The molecule has 3 rings (SSSR count). The quantitative estimate of drug-likeness (QED) is 0.787. The van der Waals surface area contributed by atoms with Crippen LogP contribution >= 0.6 is 0 Å². The minimum absolute atomic E-state index is 0.375. The topological polar surface area (TPSA) is 42.2 Å². The fraction of sp³-hybridized carbons (Fsp3) is 0.167. The van der Waals surface area contributed by atoms with Crippen molar-refractivity contribution in [2.75, 3.05) is 0 Å². The van der Waals surface area contributed by atoms with E-state index in [-0.39, 0.29) is 0 Å². The van der Waals surface area contributed by atoms with Crippen molar-refractivity contribution >= 4 is 16.7 Å². The van der Waals surface area contributed by atoms with E-state index in [1.165, 1.54) is 10.8 Å². The van der Waals surface area contributed by atoms with Crippen LogP contribution in [0.25, 0.3) is 10.8 Å². The van der Waals surface area contributed by atoms with E-state index in [9.17, 15) is 9.90 Å². The largest absolute Gasteiger partial charge is 0.477 e. The third-order valence-electron chi connectivity index (χ3n) is 3.91. The van der Waals surface area contributed by atoms with Crippen LogP contribution in [0.4, 0.5) is 0 Å². The molecule has 21 heavy (non-hydrogen) atoms. The summed E-state index contributed by atoms with van der Waals surface area (Å²) in [6.07, 6.45) is 0. The second-order valence-corrected chi connectivity index (χ2v) is 5.35. The van der Waals surface area contributed by atoms with Gasteiger partial charge in [0, 0.05) is 12.2 Å². The first-order valence-corrected chi connectivity index (χ1v) is 6.94. The molecule has 0 saturated carbocycles. The van der Waals surface area contributed by atoms with Gasteiger partial charge in [-0.15, -0.1) is 0 Å². The molecule has 0 aliphatic carbocycles. The number of aryl methyl sites for hydroxylation is 2. The molecule has 3 aromatic rings. The first kappa shape index (κ1) is 13.4. The SMILES string of the molecule is Cc1cc(C)n(Cc2cccc3ccccc23)c1C(=O)O. The number of fused-ring (bicyclic) bond motifs is 1. The molecule has 1 heterocycles. The molecular weight excluding hydrogens is 262 g/mol. The molecule has 0 aliphatic rings. The van der Waals surface area contributed by atoms with Gasteiger partial charge in [0.25, 0.3) is 0 Å². The molecule has 0 amide bonds. The van der Waals surface area contributed by atoms with Gasteiger partial charge < -0.3 is 9.67 Å². The number of nitrogens with zero attached hydrogens (tertiary/aromatic N) is 1. The molecule has 0 unspecified atom stereocenters. The van der Waals surface area contributed by atoms with Gasteiger partial charge in [0.1, 0.15) is 5.69 Å². The predicted octanol–water partition coefficient (Wildman–Crippen LogP) is 4.00. The fourth-order valence-electron chi connectivity index (χ4n) is 2.94. The van der Waals surface area contributed by atoms with Crippen LogP contribution in [0.3, 0.4) is 0 Å². The molecule has 3 heteroatoms. The molecule has 0 fully saturated rings. The van der Waals surface area contributed by atoms with E-state index in [0.717, 1.165) is 16.8 Å².